The number of aliphatic carboxylic acids is 1. The summed E-state index contributed by atoms with van der Waals surface area (Å²) in [6.45, 7) is 7.72. The van der Waals surface area contributed by atoms with Gasteiger partial charge in [-0.1, -0.05) is 38.1 Å². The molecule has 2 aromatic carbocycles. The van der Waals surface area contributed by atoms with Gasteiger partial charge in [0.2, 0.25) is 5.88 Å². The number of nitrogens with two attached hydrogens (primary N) is 1. The minimum Gasteiger partial charge on any atom is -0.481 e. The molecule has 0 aliphatic rings. The fourth-order valence-corrected chi connectivity index (χ4v) is 4.48. The number of rotatable bonds is 10. The lowest BCUT2D eigenvalue weighted by atomic mass is 9.89. The van der Waals surface area contributed by atoms with Crippen LogP contribution in [0.3, 0.4) is 0 Å². The maximum absolute atomic E-state index is 11.8. The molecule has 7 nitrogen and oxygen atoms in total. The Labute approximate surface area is 208 Å². The Kier molecular flexibility index (Phi) is 8.43. The van der Waals surface area contributed by atoms with E-state index in [1.807, 2.05) is 44.2 Å². The van der Waals surface area contributed by atoms with Crippen molar-refractivity contribution in [1.82, 2.24) is 4.98 Å². The summed E-state index contributed by atoms with van der Waals surface area (Å²) in [7, 11) is -1.67. The second-order valence-electron chi connectivity index (χ2n) is 9.30. The van der Waals surface area contributed by atoms with Crippen LogP contribution < -0.4 is 9.88 Å². The zero-order valence-corrected chi connectivity index (χ0v) is 21.3. The maximum Gasteiger partial charge on any atom is 0.307 e. The van der Waals surface area contributed by atoms with Gasteiger partial charge < -0.3 is 14.9 Å². The number of carbonyl (C=O) groups is 1. The maximum atomic E-state index is 11.8. The third kappa shape index (κ3) is 6.97. The molecule has 0 spiro atoms. The molecule has 186 valence electrons. The first-order valence-corrected chi connectivity index (χ1v) is 12.6. The van der Waals surface area contributed by atoms with Crippen LogP contribution in [0.25, 0.3) is 11.1 Å². The van der Waals surface area contributed by atoms with Crippen molar-refractivity contribution < 1.29 is 24.0 Å². The normalized spacial score (nSPS) is 12.5. The first kappa shape index (κ1) is 26.5. The number of hydrogen-bond acceptors (Lipinski definition) is 5. The molecule has 0 radical (unpaired) electrons. The Hall–Kier alpha value is -3.07. The molecule has 0 saturated carbocycles. The molecule has 4 N–H and O–H groups in total. The zero-order valence-electron chi connectivity index (χ0n) is 20.4. The van der Waals surface area contributed by atoms with Crippen LogP contribution in [0.1, 0.15) is 55.9 Å². The van der Waals surface area contributed by atoms with Crippen LogP contribution in [0.5, 0.6) is 5.88 Å². The molecule has 0 saturated heterocycles. The van der Waals surface area contributed by atoms with Gasteiger partial charge in [0.15, 0.2) is 0 Å². The standard InChI is InChI=1S/C27H32N2O5S/c1-17(2)22-6-5-7-23(24(22)16-26(30)31)19-8-10-29-25(14-19)34-11-9-18-12-20(27(3,4)32)15-21(13-18)35(28)33/h5-8,10,12-15,17,32H,9,11,16,28H2,1-4H3,(H,30,31). The second-order valence-corrected chi connectivity index (χ2v) is 10.4. The number of hydrogen-bond donors (Lipinski definition) is 3. The summed E-state index contributed by atoms with van der Waals surface area (Å²) in [5.74, 6) is -0.273. The smallest absolute Gasteiger partial charge is 0.307 e. The summed E-state index contributed by atoms with van der Waals surface area (Å²) in [6.07, 6.45) is 2.07. The minimum atomic E-state index is -1.67. The highest BCUT2D eigenvalue weighted by molar-refractivity contribution is 7.82. The van der Waals surface area contributed by atoms with E-state index in [1.165, 1.54) is 0 Å². The van der Waals surface area contributed by atoms with Crippen LogP contribution in [-0.2, 0) is 34.2 Å². The summed E-state index contributed by atoms with van der Waals surface area (Å²) in [4.78, 5) is 16.3. The third-order valence-corrected chi connectivity index (χ3v) is 6.45. The molecule has 0 aliphatic carbocycles. The molecule has 3 rings (SSSR count). The van der Waals surface area contributed by atoms with Crippen molar-refractivity contribution in [3.05, 3.63) is 77.0 Å². The second kappa shape index (κ2) is 11.1. The van der Waals surface area contributed by atoms with Crippen LogP contribution in [0, 0.1) is 0 Å². The summed E-state index contributed by atoms with van der Waals surface area (Å²) in [5, 5.41) is 25.4. The Morgan fingerprint density at radius 2 is 1.91 bits per heavy atom. The summed E-state index contributed by atoms with van der Waals surface area (Å²) in [5.41, 5.74) is 3.83. The number of nitrogens with zero attached hydrogens (tertiary/aromatic N) is 1. The van der Waals surface area contributed by atoms with Gasteiger partial charge in [-0.15, -0.1) is 0 Å². The Morgan fingerprint density at radius 1 is 1.17 bits per heavy atom. The van der Waals surface area contributed by atoms with Crippen LogP contribution >= 0.6 is 0 Å². The Balaban J connectivity index is 1.82. The van der Waals surface area contributed by atoms with Gasteiger partial charge in [0.05, 0.1) is 23.5 Å². The number of carboxylic acids is 1. The molecule has 8 heteroatoms. The van der Waals surface area contributed by atoms with Crippen LogP contribution in [0.4, 0.5) is 0 Å². The highest BCUT2D eigenvalue weighted by Gasteiger charge is 2.19. The van der Waals surface area contributed by atoms with Gasteiger partial charge in [-0.2, -0.15) is 0 Å². The number of ether oxygens (including phenoxy) is 1. The fourth-order valence-electron chi connectivity index (χ4n) is 3.97. The monoisotopic (exact) mass is 496 g/mol. The van der Waals surface area contributed by atoms with E-state index in [-0.39, 0.29) is 12.3 Å². The van der Waals surface area contributed by atoms with Gasteiger partial charge in [0.1, 0.15) is 11.0 Å². The van der Waals surface area contributed by atoms with Crippen molar-refractivity contribution in [1.29, 1.82) is 0 Å². The lowest BCUT2D eigenvalue weighted by Gasteiger charge is -2.20. The average molecular weight is 497 g/mol. The number of aromatic nitrogens is 1. The average Bonchev–Trinajstić information content (AvgIpc) is 2.78. The van der Waals surface area contributed by atoms with E-state index >= 15 is 0 Å². The lowest BCUT2D eigenvalue weighted by molar-refractivity contribution is -0.136. The minimum absolute atomic E-state index is 0.0649. The molecule has 1 atom stereocenters. The number of aliphatic hydroxyl groups is 1. The van der Waals surface area contributed by atoms with Crippen LogP contribution in [0.15, 0.2) is 59.6 Å². The highest BCUT2D eigenvalue weighted by Crippen LogP contribution is 2.32. The van der Waals surface area contributed by atoms with Crippen molar-refractivity contribution >= 4 is 17.0 Å². The first-order chi connectivity index (χ1) is 16.5. The summed E-state index contributed by atoms with van der Waals surface area (Å²) in [6, 6.07) is 14.7. The van der Waals surface area contributed by atoms with Crippen molar-refractivity contribution in [3.63, 3.8) is 0 Å². The predicted octanol–water partition coefficient (Wildman–Crippen LogP) is 4.33. The molecular weight excluding hydrogens is 464 g/mol. The summed E-state index contributed by atoms with van der Waals surface area (Å²) < 4.78 is 17.7. The molecule has 1 heterocycles. The van der Waals surface area contributed by atoms with Gasteiger partial charge in [0.25, 0.3) is 0 Å². The molecule has 35 heavy (non-hydrogen) atoms. The zero-order chi connectivity index (χ0) is 25.8. The molecule has 1 aromatic heterocycles. The van der Waals surface area contributed by atoms with Crippen LogP contribution in [0.2, 0.25) is 0 Å². The first-order valence-electron chi connectivity index (χ1n) is 11.4. The van der Waals surface area contributed by atoms with Gasteiger partial charge >= 0.3 is 5.97 Å². The van der Waals surface area contributed by atoms with E-state index in [0.29, 0.717) is 29.4 Å². The Bertz CT molecular complexity index is 1230. The lowest BCUT2D eigenvalue weighted by Crippen LogP contribution is -2.17. The third-order valence-electron chi connectivity index (χ3n) is 5.75. The SMILES string of the molecule is CC(C)c1cccc(-c2ccnc(OCCc3cc(S(N)=O)cc(C(C)(C)O)c3)c2)c1CC(=O)O. The molecule has 1 unspecified atom stereocenters. The fraction of sp³-hybridized carbons (Fsp3) is 0.333. The molecule has 0 fully saturated rings. The predicted molar refractivity (Wildman–Crippen MR) is 137 cm³/mol. The number of pyridine rings is 1. The van der Waals surface area contributed by atoms with Crippen molar-refractivity contribution in [2.45, 2.75) is 57.0 Å². The van der Waals surface area contributed by atoms with Crippen molar-refractivity contribution in [3.8, 4) is 17.0 Å². The highest BCUT2D eigenvalue weighted by atomic mass is 32.2. The van der Waals surface area contributed by atoms with E-state index in [1.54, 1.807) is 38.2 Å². The van der Waals surface area contributed by atoms with E-state index < -0.39 is 22.6 Å². The van der Waals surface area contributed by atoms with Gasteiger partial charge in [-0.25, -0.2) is 14.3 Å². The molecule has 0 bridgehead atoms. The molecule has 3 aromatic rings. The number of carboxylic acid groups (broad SMARTS) is 1. The van der Waals surface area contributed by atoms with E-state index in [4.69, 9.17) is 9.88 Å². The van der Waals surface area contributed by atoms with Gasteiger partial charge in [0, 0.05) is 18.7 Å². The summed E-state index contributed by atoms with van der Waals surface area (Å²) >= 11 is 0. The topological polar surface area (TPSA) is 123 Å². The van der Waals surface area contributed by atoms with E-state index in [0.717, 1.165) is 27.8 Å². The van der Waals surface area contributed by atoms with Gasteiger partial charge in [-0.3, -0.25) is 4.79 Å². The van der Waals surface area contributed by atoms with E-state index in [9.17, 15) is 19.2 Å². The van der Waals surface area contributed by atoms with E-state index in [2.05, 4.69) is 4.98 Å². The largest absolute Gasteiger partial charge is 0.481 e. The van der Waals surface area contributed by atoms with Crippen LogP contribution in [-0.4, -0.2) is 32.0 Å². The quantitative estimate of drug-likeness (QED) is 0.384. The van der Waals surface area contributed by atoms with Gasteiger partial charge in [-0.05, 0) is 71.3 Å². The molecule has 0 aliphatic heterocycles. The number of benzene rings is 2. The molecule has 0 amide bonds. The molecular formula is C27H32N2O5S. The Morgan fingerprint density at radius 3 is 2.54 bits per heavy atom. The van der Waals surface area contributed by atoms with Crippen molar-refractivity contribution in [2.24, 2.45) is 5.14 Å². The van der Waals surface area contributed by atoms with Crippen molar-refractivity contribution in [2.75, 3.05) is 6.61 Å².